The van der Waals surface area contributed by atoms with Gasteiger partial charge in [0.2, 0.25) is 0 Å². The zero-order chi connectivity index (χ0) is 13.5. The summed E-state index contributed by atoms with van der Waals surface area (Å²) in [5.74, 6) is 0.771. The Kier molecular flexibility index (Phi) is 4.90. The van der Waals surface area contributed by atoms with E-state index < -0.39 is 0 Å². The lowest BCUT2D eigenvalue weighted by atomic mass is 10.1. The first-order valence-electron chi connectivity index (χ1n) is 6.93. The first-order valence-corrected chi connectivity index (χ1v) is 6.93. The van der Waals surface area contributed by atoms with Gasteiger partial charge in [-0.1, -0.05) is 50.1 Å². The van der Waals surface area contributed by atoms with E-state index in [-0.39, 0.29) is 0 Å². The van der Waals surface area contributed by atoms with Crippen LogP contribution in [0.25, 0.3) is 11.4 Å². The van der Waals surface area contributed by atoms with Crippen molar-refractivity contribution in [1.82, 2.24) is 9.97 Å². The summed E-state index contributed by atoms with van der Waals surface area (Å²) in [5.41, 5.74) is 2.04. The van der Waals surface area contributed by atoms with Crippen LogP contribution in [-0.2, 0) is 0 Å². The third-order valence-corrected chi connectivity index (χ3v) is 3.09. The van der Waals surface area contributed by atoms with Gasteiger partial charge in [-0.05, 0) is 13.3 Å². The quantitative estimate of drug-likeness (QED) is 0.843. The second-order valence-electron chi connectivity index (χ2n) is 4.85. The van der Waals surface area contributed by atoms with Crippen LogP contribution in [0.15, 0.2) is 42.7 Å². The molecule has 3 heteroatoms. The van der Waals surface area contributed by atoms with Crippen LogP contribution in [0.5, 0.6) is 0 Å². The lowest BCUT2D eigenvalue weighted by molar-refractivity contribution is 0.644. The monoisotopic (exact) mass is 255 g/mol. The highest BCUT2D eigenvalue weighted by Gasteiger charge is 2.03. The van der Waals surface area contributed by atoms with Crippen LogP contribution in [0.1, 0.15) is 33.1 Å². The SMILES string of the molecule is CCCCC(C)Nc1cnc(-c2ccccc2)nc1. The van der Waals surface area contributed by atoms with E-state index in [1.807, 2.05) is 42.7 Å². The molecule has 0 aliphatic heterocycles. The van der Waals surface area contributed by atoms with Crippen molar-refractivity contribution >= 4 is 5.69 Å². The zero-order valence-electron chi connectivity index (χ0n) is 11.6. The second-order valence-corrected chi connectivity index (χ2v) is 4.85. The number of hydrogen-bond acceptors (Lipinski definition) is 3. The molecule has 19 heavy (non-hydrogen) atoms. The molecule has 1 aromatic heterocycles. The Morgan fingerprint density at radius 3 is 2.42 bits per heavy atom. The van der Waals surface area contributed by atoms with Gasteiger partial charge >= 0.3 is 0 Å². The van der Waals surface area contributed by atoms with Crippen LogP contribution in [0.2, 0.25) is 0 Å². The lowest BCUT2D eigenvalue weighted by Gasteiger charge is -2.14. The summed E-state index contributed by atoms with van der Waals surface area (Å²) in [6, 6.07) is 10.5. The van der Waals surface area contributed by atoms with E-state index in [1.165, 1.54) is 19.3 Å². The number of rotatable bonds is 6. The number of aromatic nitrogens is 2. The van der Waals surface area contributed by atoms with E-state index in [0.29, 0.717) is 6.04 Å². The molecule has 0 fully saturated rings. The van der Waals surface area contributed by atoms with Crippen LogP contribution in [0, 0.1) is 0 Å². The van der Waals surface area contributed by atoms with Crippen molar-refractivity contribution in [2.45, 2.75) is 39.2 Å². The maximum absolute atomic E-state index is 4.41. The number of unbranched alkanes of at least 4 members (excludes halogenated alkanes) is 1. The normalized spacial score (nSPS) is 12.1. The lowest BCUT2D eigenvalue weighted by Crippen LogP contribution is -2.15. The maximum Gasteiger partial charge on any atom is 0.159 e. The van der Waals surface area contributed by atoms with E-state index >= 15 is 0 Å². The first kappa shape index (κ1) is 13.5. The van der Waals surface area contributed by atoms with Crippen LogP contribution in [0.3, 0.4) is 0 Å². The number of hydrogen-bond donors (Lipinski definition) is 1. The Morgan fingerprint density at radius 1 is 1.11 bits per heavy atom. The summed E-state index contributed by atoms with van der Waals surface area (Å²) in [4.78, 5) is 8.82. The third-order valence-electron chi connectivity index (χ3n) is 3.09. The van der Waals surface area contributed by atoms with Gasteiger partial charge in [0.1, 0.15) is 0 Å². The molecular formula is C16H21N3. The number of nitrogens with zero attached hydrogens (tertiary/aromatic N) is 2. The average Bonchev–Trinajstić information content (AvgIpc) is 2.47. The fraction of sp³-hybridized carbons (Fsp3) is 0.375. The molecule has 3 nitrogen and oxygen atoms in total. The summed E-state index contributed by atoms with van der Waals surface area (Å²) < 4.78 is 0. The molecule has 0 bridgehead atoms. The van der Waals surface area contributed by atoms with E-state index in [4.69, 9.17) is 0 Å². The molecule has 1 N–H and O–H groups in total. The van der Waals surface area contributed by atoms with Gasteiger partial charge in [0.25, 0.3) is 0 Å². The molecule has 0 radical (unpaired) electrons. The number of nitrogens with one attached hydrogen (secondary N) is 1. The number of benzene rings is 1. The van der Waals surface area contributed by atoms with Crippen LogP contribution in [0.4, 0.5) is 5.69 Å². The van der Waals surface area contributed by atoms with Crippen molar-refractivity contribution in [1.29, 1.82) is 0 Å². The largest absolute Gasteiger partial charge is 0.380 e. The predicted molar refractivity (Wildman–Crippen MR) is 80.1 cm³/mol. The third kappa shape index (κ3) is 4.05. The number of anilines is 1. The highest BCUT2D eigenvalue weighted by Crippen LogP contribution is 2.15. The Hall–Kier alpha value is -1.90. The molecule has 2 rings (SSSR count). The van der Waals surface area contributed by atoms with Crippen molar-refractivity contribution in [2.75, 3.05) is 5.32 Å². The first-order chi connectivity index (χ1) is 9.29. The highest BCUT2D eigenvalue weighted by atomic mass is 15.0. The molecule has 1 atom stereocenters. The van der Waals surface area contributed by atoms with Crippen LogP contribution < -0.4 is 5.32 Å². The summed E-state index contributed by atoms with van der Waals surface area (Å²) >= 11 is 0. The molecule has 0 amide bonds. The van der Waals surface area contributed by atoms with E-state index in [2.05, 4.69) is 29.1 Å². The zero-order valence-corrected chi connectivity index (χ0v) is 11.6. The van der Waals surface area contributed by atoms with Gasteiger partial charge in [0.15, 0.2) is 5.82 Å². The van der Waals surface area contributed by atoms with Gasteiger partial charge in [-0.2, -0.15) is 0 Å². The van der Waals surface area contributed by atoms with E-state index in [1.54, 1.807) is 0 Å². The van der Waals surface area contributed by atoms with Crippen molar-refractivity contribution in [3.63, 3.8) is 0 Å². The Morgan fingerprint density at radius 2 is 1.79 bits per heavy atom. The van der Waals surface area contributed by atoms with Crippen molar-refractivity contribution in [3.05, 3.63) is 42.7 Å². The summed E-state index contributed by atoms with van der Waals surface area (Å²) in [6.45, 7) is 4.41. The maximum atomic E-state index is 4.41. The second kappa shape index (κ2) is 6.88. The predicted octanol–water partition coefficient (Wildman–Crippen LogP) is 4.13. The highest BCUT2D eigenvalue weighted by molar-refractivity contribution is 5.55. The smallest absolute Gasteiger partial charge is 0.159 e. The molecule has 0 saturated carbocycles. The molecule has 100 valence electrons. The molecule has 0 saturated heterocycles. The van der Waals surface area contributed by atoms with Gasteiger partial charge in [-0.25, -0.2) is 9.97 Å². The molecule has 0 spiro atoms. The van der Waals surface area contributed by atoms with Gasteiger partial charge < -0.3 is 5.32 Å². The minimum Gasteiger partial charge on any atom is -0.380 e. The van der Waals surface area contributed by atoms with Crippen molar-refractivity contribution in [3.8, 4) is 11.4 Å². The van der Waals surface area contributed by atoms with Gasteiger partial charge in [-0.3, -0.25) is 0 Å². The van der Waals surface area contributed by atoms with Crippen molar-refractivity contribution in [2.24, 2.45) is 0 Å². The fourth-order valence-corrected chi connectivity index (χ4v) is 2.01. The molecular weight excluding hydrogens is 234 g/mol. The average molecular weight is 255 g/mol. The molecule has 1 aromatic carbocycles. The minimum absolute atomic E-state index is 0.464. The Bertz CT molecular complexity index is 479. The molecule has 1 heterocycles. The van der Waals surface area contributed by atoms with Gasteiger partial charge in [0, 0.05) is 11.6 Å². The molecule has 1 unspecified atom stereocenters. The van der Waals surface area contributed by atoms with E-state index in [0.717, 1.165) is 17.1 Å². The minimum atomic E-state index is 0.464. The topological polar surface area (TPSA) is 37.8 Å². The summed E-state index contributed by atoms with van der Waals surface area (Å²) in [6.07, 6.45) is 7.37. The van der Waals surface area contributed by atoms with Crippen LogP contribution >= 0.6 is 0 Å². The van der Waals surface area contributed by atoms with Gasteiger partial charge in [-0.15, -0.1) is 0 Å². The Labute approximate surface area is 115 Å². The summed E-state index contributed by atoms with van der Waals surface area (Å²) in [5, 5.41) is 3.43. The Balaban J connectivity index is 1.99. The molecule has 0 aliphatic rings. The van der Waals surface area contributed by atoms with E-state index in [9.17, 15) is 0 Å². The summed E-state index contributed by atoms with van der Waals surface area (Å²) in [7, 11) is 0. The molecule has 0 aliphatic carbocycles. The molecule has 2 aromatic rings. The van der Waals surface area contributed by atoms with Crippen molar-refractivity contribution < 1.29 is 0 Å². The fourth-order valence-electron chi connectivity index (χ4n) is 2.01. The van der Waals surface area contributed by atoms with Crippen LogP contribution in [-0.4, -0.2) is 16.0 Å². The standard InChI is InChI=1S/C16H21N3/c1-3-4-8-13(2)19-15-11-17-16(18-12-15)14-9-6-5-7-10-14/h5-7,9-13,19H,3-4,8H2,1-2H3. The van der Waals surface area contributed by atoms with Gasteiger partial charge in [0.05, 0.1) is 18.1 Å².